The third-order valence-corrected chi connectivity index (χ3v) is 4.53. The van der Waals surface area contributed by atoms with Gasteiger partial charge in [-0.15, -0.1) is 0 Å². The quantitative estimate of drug-likeness (QED) is 0.914. The molecule has 4 heteroatoms. The first kappa shape index (κ1) is 17.2. The van der Waals surface area contributed by atoms with Crippen molar-refractivity contribution in [3.05, 3.63) is 64.7 Å². The highest BCUT2D eigenvalue weighted by Crippen LogP contribution is 2.21. The van der Waals surface area contributed by atoms with Crippen molar-refractivity contribution < 1.29 is 9.59 Å². The van der Waals surface area contributed by atoms with Gasteiger partial charge in [0.2, 0.25) is 0 Å². The molecule has 0 aliphatic carbocycles. The Hall–Kier alpha value is -2.62. The number of amides is 2. The van der Waals surface area contributed by atoms with Gasteiger partial charge < -0.3 is 10.2 Å². The SMILES string of the molecule is Cc1cc(C)cc(C(=O)Nc2ccccc2C(=O)N2CCCCC2)c1. The lowest BCUT2D eigenvalue weighted by atomic mass is 10.1. The summed E-state index contributed by atoms with van der Waals surface area (Å²) in [5.74, 6) is -0.193. The van der Waals surface area contributed by atoms with Crippen LogP contribution < -0.4 is 5.32 Å². The second-order valence-corrected chi connectivity index (χ2v) is 6.73. The Balaban J connectivity index is 1.83. The maximum Gasteiger partial charge on any atom is 0.255 e. The molecule has 1 saturated heterocycles. The molecule has 0 atom stereocenters. The molecule has 1 heterocycles. The van der Waals surface area contributed by atoms with E-state index in [0.717, 1.165) is 37.1 Å². The maximum absolute atomic E-state index is 12.8. The molecule has 2 amide bonds. The summed E-state index contributed by atoms with van der Waals surface area (Å²) < 4.78 is 0. The molecule has 1 aliphatic rings. The Morgan fingerprint density at radius 1 is 0.920 bits per heavy atom. The third kappa shape index (κ3) is 4.08. The van der Waals surface area contributed by atoms with Gasteiger partial charge in [0.25, 0.3) is 11.8 Å². The summed E-state index contributed by atoms with van der Waals surface area (Å²) in [4.78, 5) is 27.3. The van der Waals surface area contributed by atoms with Crippen molar-refractivity contribution in [1.82, 2.24) is 4.90 Å². The summed E-state index contributed by atoms with van der Waals surface area (Å²) in [5, 5.41) is 2.91. The lowest BCUT2D eigenvalue weighted by molar-refractivity contribution is 0.0725. The molecule has 1 aliphatic heterocycles. The van der Waals surface area contributed by atoms with Crippen molar-refractivity contribution >= 4 is 17.5 Å². The van der Waals surface area contributed by atoms with Gasteiger partial charge in [0.1, 0.15) is 0 Å². The van der Waals surface area contributed by atoms with Crippen molar-refractivity contribution in [2.75, 3.05) is 18.4 Å². The van der Waals surface area contributed by atoms with Crippen LogP contribution in [0.3, 0.4) is 0 Å². The zero-order chi connectivity index (χ0) is 17.8. The summed E-state index contributed by atoms with van der Waals surface area (Å²) in [7, 11) is 0. The van der Waals surface area contributed by atoms with Crippen molar-refractivity contribution in [2.24, 2.45) is 0 Å². The fraction of sp³-hybridized carbons (Fsp3) is 0.333. The van der Waals surface area contributed by atoms with E-state index in [9.17, 15) is 9.59 Å². The molecular weight excluding hydrogens is 312 g/mol. The number of hydrogen-bond acceptors (Lipinski definition) is 2. The zero-order valence-electron chi connectivity index (χ0n) is 14.8. The van der Waals surface area contributed by atoms with Gasteiger partial charge in [0.05, 0.1) is 11.3 Å². The van der Waals surface area contributed by atoms with Crippen LogP contribution in [0.4, 0.5) is 5.69 Å². The van der Waals surface area contributed by atoms with Crippen LogP contribution in [-0.4, -0.2) is 29.8 Å². The standard InChI is InChI=1S/C21H24N2O2/c1-15-12-16(2)14-17(13-15)20(24)22-19-9-5-4-8-18(19)21(25)23-10-6-3-7-11-23/h4-5,8-9,12-14H,3,6-7,10-11H2,1-2H3,(H,22,24). The van der Waals surface area contributed by atoms with Crippen molar-refractivity contribution in [1.29, 1.82) is 0 Å². The van der Waals surface area contributed by atoms with E-state index >= 15 is 0 Å². The van der Waals surface area contributed by atoms with E-state index in [4.69, 9.17) is 0 Å². The number of aryl methyl sites for hydroxylation is 2. The second kappa shape index (κ2) is 7.51. The van der Waals surface area contributed by atoms with Gasteiger partial charge in [0, 0.05) is 18.7 Å². The third-order valence-electron chi connectivity index (χ3n) is 4.53. The first-order valence-electron chi connectivity index (χ1n) is 8.82. The number of benzene rings is 2. The number of rotatable bonds is 3. The van der Waals surface area contributed by atoms with Gasteiger partial charge >= 0.3 is 0 Å². The molecule has 2 aromatic carbocycles. The summed E-state index contributed by atoms with van der Waals surface area (Å²) in [6, 6.07) is 13.0. The molecule has 130 valence electrons. The summed E-state index contributed by atoms with van der Waals surface area (Å²) in [6.45, 7) is 5.52. The number of para-hydroxylation sites is 1. The predicted molar refractivity (Wildman–Crippen MR) is 100 cm³/mol. The molecule has 0 unspecified atom stereocenters. The molecule has 0 radical (unpaired) electrons. The number of carbonyl (C=O) groups is 2. The van der Waals surface area contributed by atoms with E-state index in [1.54, 1.807) is 12.1 Å². The van der Waals surface area contributed by atoms with Gasteiger partial charge in [0.15, 0.2) is 0 Å². The van der Waals surface area contributed by atoms with Crippen LogP contribution >= 0.6 is 0 Å². The minimum Gasteiger partial charge on any atom is -0.339 e. The van der Waals surface area contributed by atoms with Crippen molar-refractivity contribution in [2.45, 2.75) is 33.1 Å². The van der Waals surface area contributed by atoms with Crippen LogP contribution in [0.2, 0.25) is 0 Å². The average Bonchev–Trinajstić information content (AvgIpc) is 2.61. The summed E-state index contributed by atoms with van der Waals surface area (Å²) in [6.07, 6.45) is 3.26. The Morgan fingerprint density at radius 2 is 1.56 bits per heavy atom. The van der Waals surface area contributed by atoms with E-state index in [-0.39, 0.29) is 11.8 Å². The minimum atomic E-state index is -0.189. The van der Waals surface area contributed by atoms with Crippen molar-refractivity contribution in [3.63, 3.8) is 0 Å². The van der Waals surface area contributed by atoms with Gasteiger partial charge in [-0.1, -0.05) is 29.3 Å². The number of piperidine rings is 1. The van der Waals surface area contributed by atoms with E-state index < -0.39 is 0 Å². The maximum atomic E-state index is 12.8. The fourth-order valence-electron chi connectivity index (χ4n) is 3.35. The molecular formula is C21H24N2O2. The molecule has 1 N–H and O–H groups in total. The Kier molecular flexibility index (Phi) is 5.17. The van der Waals surface area contributed by atoms with Gasteiger partial charge in [-0.2, -0.15) is 0 Å². The molecule has 3 rings (SSSR count). The number of likely N-dealkylation sites (tertiary alicyclic amines) is 1. The number of nitrogens with one attached hydrogen (secondary N) is 1. The van der Waals surface area contributed by atoms with E-state index in [0.29, 0.717) is 16.8 Å². The van der Waals surface area contributed by atoms with Crippen LogP contribution in [-0.2, 0) is 0 Å². The number of nitrogens with zero attached hydrogens (tertiary/aromatic N) is 1. The zero-order valence-corrected chi connectivity index (χ0v) is 14.8. The molecule has 0 aromatic heterocycles. The molecule has 0 spiro atoms. The van der Waals surface area contributed by atoms with Crippen LogP contribution in [0.25, 0.3) is 0 Å². The van der Waals surface area contributed by atoms with Crippen LogP contribution in [0, 0.1) is 13.8 Å². The fourth-order valence-corrected chi connectivity index (χ4v) is 3.35. The first-order chi connectivity index (χ1) is 12.0. The van der Waals surface area contributed by atoms with Gasteiger partial charge in [-0.3, -0.25) is 9.59 Å². The predicted octanol–water partition coefficient (Wildman–Crippen LogP) is 4.18. The van der Waals surface area contributed by atoms with Crippen LogP contribution in [0.5, 0.6) is 0 Å². The minimum absolute atomic E-state index is 0.00368. The lowest BCUT2D eigenvalue weighted by Crippen LogP contribution is -2.36. The van der Waals surface area contributed by atoms with Gasteiger partial charge in [-0.25, -0.2) is 0 Å². The average molecular weight is 336 g/mol. The smallest absolute Gasteiger partial charge is 0.255 e. The molecule has 25 heavy (non-hydrogen) atoms. The molecule has 2 aromatic rings. The Bertz CT molecular complexity index is 772. The Morgan fingerprint density at radius 3 is 2.24 bits per heavy atom. The molecule has 0 saturated carbocycles. The molecule has 0 bridgehead atoms. The molecule has 1 fully saturated rings. The van der Waals surface area contributed by atoms with Crippen LogP contribution in [0.1, 0.15) is 51.1 Å². The highest BCUT2D eigenvalue weighted by Gasteiger charge is 2.21. The summed E-state index contributed by atoms with van der Waals surface area (Å²) in [5.41, 5.74) is 3.83. The highest BCUT2D eigenvalue weighted by molar-refractivity contribution is 6.09. The second-order valence-electron chi connectivity index (χ2n) is 6.73. The van der Waals surface area contributed by atoms with E-state index in [1.165, 1.54) is 6.42 Å². The van der Waals surface area contributed by atoms with E-state index in [1.807, 2.05) is 49.1 Å². The highest BCUT2D eigenvalue weighted by atomic mass is 16.2. The monoisotopic (exact) mass is 336 g/mol. The topological polar surface area (TPSA) is 49.4 Å². The first-order valence-corrected chi connectivity index (χ1v) is 8.82. The van der Waals surface area contributed by atoms with Gasteiger partial charge in [-0.05, 0) is 57.4 Å². The lowest BCUT2D eigenvalue weighted by Gasteiger charge is -2.27. The number of anilines is 1. The normalized spacial score (nSPS) is 14.2. The number of carbonyl (C=O) groups excluding carboxylic acids is 2. The largest absolute Gasteiger partial charge is 0.339 e. The van der Waals surface area contributed by atoms with Crippen molar-refractivity contribution in [3.8, 4) is 0 Å². The van der Waals surface area contributed by atoms with Crippen LogP contribution in [0.15, 0.2) is 42.5 Å². The van der Waals surface area contributed by atoms with E-state index in [2.05, 4.69) is 5.32 Å². The Labute approximate surface area is 148 Å². The number of hydrogen-bond donors (Lipinski definition) is 1. The summed E-state index contributed by atoms with van der Waals surface area (Å²) >= 11 is 0. The molecule has 4 nitrogen and oxygen atoms in total.